The molecule has 0 saturated carbocycles. The van der Waals surface area contributed by atoms with Crippen molar-refractivity contribution in [3.8, 4) is 0 Å². The highest BCUT2D eigenvalue weighted by Gasteiger charge is 2.20. The summed E-state index contributed by atoms with van der Waals surface area (Å²) in [6.07, 6.45) is 6.61. The van der Waals surface area contributed by atoms with Crippen LogP contribution in [0.1, 0.15) is 66.2 Å². The number of aliphatic hydroxyl groups excluding tert-OH is 1. The molecule has 0 rings (SSSR count). The van der Waals surface area contributed by atoms with E-state index in [0.717, 1.165) is 25.8 Å². The Kier molecular flexibility index (Phi) is 9.12. The van der Waals surface area contributed by atoms with Crippen LogP contribution >= 0.6 is 0 Å². The van der Waals surface area contributed by atoms with Crippen molar-refractivity contribution in [2.24, 2.45) is 0 Å². The van der Waals surface area contributed by atoms with Gasteiger partial charge in [-0.1, -0.05) is 47.0 Å². The first-order valence-electron chi connectivity index (χ1n) is 6.64. The molecule has 0 aliphatic heterocycles. The van der Waals surface area contributed by atoms with Crippen LogP contribution in [0.5, 0.6) is 0 Å². The lowest BCUT2D eigenvalue weighted by atomic mass is 10.0. The van der Waals surface area contributed by atoms with Gasteiger partial charge in [0, 0.05) is 6.04 Å². The zero-order valence-corrected chi connectivity index (χ0v) is 11.0. The van der Waals surface area contributed by atoms with Crippen molar-refractivity contribution in [3.63, 3.8) is 0 Å². The highest BCUT2D eigenvalue weighted by atomic mass is 16.3. The van der Waals surface area contributed by atoms with E-state index in [0.29, 0.717) is 6.04 Å². The molecule has 92 valence electrons. The van der Waals surface area contributed by atoms with E-state index < -0.39 is 0 Å². The molecule has 0 aromatic heterocycles. The van der Waals surface area contributed by atoms with E-state index in [1.165, 1.54) is 19.3 Å². The minimum absolute atomic E-state index is 0.234. The van der Waals surface area contributed by atoms with Gasteiger partial charge in [0.15, 0.2) is 0 Å². The number of unbranched alkanes of at least 4 members (excludes halogenated alkanes) is 1. The van der Waals surface area contributed by atoms with Crippen molar-refractivity contribution in [2.45, 2.75) is 78.5 Å². The number of aliphatic hydroxyl groups is 1. The Balaban J connectivity index is 4.18. The van der Waals surface area contributed by atoms with Crippen LogP contribution in [-0.2, 0) is 0 Å². The molecule has 0 saturated heterocycles. The Morgan fingerprint density at radius 3 is 2.07 bits per heavy atom. The second-order valence-electron chi connectivity index (χ2n) is 4.30. The van der Waals surface area contributed by atoms with E-state index in [2.05, 4.69) is 32.6 Å². The first kappa shape index (κ1) is 14.9. The molecule has 0 fully saturated rings. The zero-order chi connectivity index (χ0) is 11.7. The van der Waals surface area contributed by atoms with E-state index in [9.17, 15) is 5.11 Å². The van der Waals surface area contributed by atoms with Crippen LogP contribution in [0.25, 0.3) is 0 Å². The zero-order valence-electron chi connectivity index (χ0n) is 11.0. The average molecular weight is 215 g/mol. The first-order chi connectivity index (χ1) is 7.21. The molecule has 1 N–H and O–H groups in total. The molecule has 15 heavy (non-hydrogen) atoms. The van der Waals surface area contributed by atoms with Crippen LogP contribution in [0.4, 0.5) is 0 Å². The minimum atomic E-state index is -0.234. The summed E-state index contributed by atoms with van der Waals surface area (Å²) in [5.41, 5.74) is 0. The van der Waals surface area contributed by atoms with Crippen molar-refractivity contribution in [1.29, 1.82) is 0 Å². The Hall–Kier alpha value is -0.0800. The maximum absolute atomic E-state index is 10.0. The molecule has 0 aromatic rings. The molecular formula is C13H29NO. The third-order valence-corrected chi connectivity index (χ3v) is 3.13. The fourth-order valence-electron chi connectivity index (χ4n) is 2.18. The van der Waals surface area contributed by atoms with Crippen LogP contribution in [0.2, 0.25) is 0 Å². The van der Waals surface area contributed by atoms with E-state index in [-0.39, 0.29) is 6.23 Å². The van der Waals surface area contributed by atoms with E-state index >= 15 is 0 Å². The van der Waals surface area contributed by atoms with Gasteiger partial charge < -0.3 is 5.11 Å². The standard InChI is InChI=1S/C13H29NO/c1-5-9-11-12(7-3)14(8-4)13(15)10-6-2/h12-13,15H,5-11H2,1-4H3. The highest BCUT2D eigenvalue weighted by Crippen LogP contribution is 2.16. The Bertz CT molecular complexity index is 138. The van der Waals surface area contributed by atoms with Crippen LogP contribution in [0.3, 0.4) is 0 Å². The lowest BCUT2D eigenvalue weighted by Crippen LogP contribution is -2.42. The van der Waals surface area contributed by atoms with Gasteiger partial charge in [-0.05, 0) is 25.8 Å². The summed E-state index contributed by atoms with van der Waals surface area (Å²) in [6, 6.07) is 0.566. The topological polar surface area (TPSA) is 23.5 Å². The van der Waals surface area contributed by atoms with Crippen LogP contribution in [0, 0.1) is 0 Å². The third kappa shape index (κ3) is 5.53. The summed E-state index contributed by atoms with van der Waals surface area (Å²) >= 11 is 0. The van der Waals surface area contributed by atoms with Gasteiger partial charge >= 0.3 is 0 Å². The first-order valence-corrected chi connectivity index (χ1v) is 6.64. The van der Waals surface area contributed by atoms with Gasteiger partial charge in [0.2, 0.25) is 0 Å². The molecule has 0 bridgehead atoms. The second-order valence-corrected chi connectivity index (χ2v) is 4.30. The number of nitrogens with zero attached hydrogens (tertiary/aromatic N) is 1. The van der Waals surface area contributed by atoms with Crippen LogP contribution < -0.4 is 0 Å². The average Bonchev–Trinajstić information content (AvgIpc) is 2.24. The SMILES string of the molecule is CCCCC(CC)N(CC)C(O)CCC. The van der Waals surface area contributed by atoms with E-state index in [4.69, 9.17) is 0 Å². The Morgan fingerprint density at radius 2 is 1.67 bits per heavy atom. The predicted molar refractivity (Wildman–Crippen MR) is 66.9 cm³/mol. The van der Waals surface area contributed by atoms with Gasteiger partial charge in [-0.2, -0.15) is 0 Å². The fourth-order valence-corrected chi connectivity index (χ4v) is 2.18. The lowest BCUT2D eigenvalue weighted by molar-refractivity contribution is -0.0309. The highest BCUT2D eigenvalue weighted by molar-refractivity contribution is 4.71. The van der Waals surface area contributed by atoms with Gasteiger partial charge in [0.1, 0.15) is 6.23 Å². The summed E-state index contributed by atoms with van der Waals surface area (Å²) in [5.74, 6) is 0. The van der Waals surface area contributed by atoms with Crippen LogP contribution in [0.15, 0.2) is 0 Å². The normalized spacial score (nSPS) is 15.6. The molecule has 0 aromatic carbocycles. The number of rotatable bonds is 9. The molecule has 2 atom stereocenters. The van der Waals surface area contributed by atoms with Gasteiger partial charge in [0.05, 0.1) is 0 Å². The summed E-state index contributed by atoms with van der Waals surface area (Å²) in [6.45, 7) is 9.69. The molecule has 0 heterocycles. The second kappa shape index (κ2) is 9.17. The quantitative estimate of drug-likeness (QED) is 0.596. The molecular weight excluding hydrogens is 186 g/mol. The summed E-state index contributed by atoms with van der Waals surface area (Å²) in [7, 11) is 0. The van der Waals surface area contributed by atoms with Crippen molar-refractivity contribution in [3.05, 3.63) is 0 Å². The number of hydrogen-bond donors (Lipinski definition) is 1. The Labute approximate surface area is 95.7 Å². The van der Waals surface area contributed by atoms with Gasteiger partial charge in [-0.25, -0.2) is 0 Å². The summed E-state index contributed by atoms with van der Waals surface area (Å²) < 4.78 is 0. The van der Waals surface area contributed by atoms with Crippen molar-refractivity contribution >= 4 is 0 Å². The molecule has 0 spiro atoms. The Morgan fingerprint density at radius 1 is 1.00 bits per heavy atom. The van der Waals surface area contributed by atoms with E-state index in [1.807, 2.05) is 0 Å². The maximum atomic E-state index is 10.0. The molecule has 0 amide bonds. The molecule has 2 unspecified atom stereocenters. The third-order valence-electron chi connectivity index (χ3n) is 3.13. The fraction of sp³-hybridized carbons (Fsp3) is 1.00. The lowest BCUT2D eigenvalue weighted by Gasteiger charge is -2.34. The summed E-state index contributed by atoms with van der Waals surface area (Å²) in [4.78, 5) is 2.26. The monoisotopic (exact) mass is 215 g/mol. The smallest absolute Gasteiger partial charge is 0.107 e. The molecule has 0 aliphatic rings. The molecule has 0 radical (unpaired) electrons. The predicted octanol–water partition coefficient (Wildman–Crippen LogP) is 3.40. The maximum Gasteiger partial charge on any atom is 0.107 e. The van der Waals surface area contributed by atoms with E-state index in [1.54, 1.807) is 0 Å². The van der Waals surface area contributed by atoms with Crippen LogP contribution in [-0.4, -0.2) is 28.8 Å². The number of hydrogen-bond acceptors (Lipinski definition) is 2. The van der Waals surface area contributed by atoms with Crippen molar-refractivity contribution < 1.29 is 5.11 Å². The van der Waals surface area contributed by atoms with Gasteiger partial charge in [-0.15, -0.1) is 0 Å². The van der Waals surface area contributed by atoms with Gasteiger partial charge in [-0.3, -0.25) is 4.90 Å². The van der Waals surface area contributed by atoms with Crippen molar-refractivity contribution in [2.75, 3.05) is 6.54 Å². The van der Waals surface area contributed by atoms with Gasteiger partial charge in [0.25, 0.3) is 0 Å². The molecule has 2 nitrogen and oxygen atoms in total. The molecule has 2 heteroatoms. The minimum Gasteiger partial charge on any atom is -0.378 e. The summed E-state index contributed by atoms with van der Waals surface area (Å²) in [5, 5.41) is 10.0. The largest absolute Gasteiger partial charge is 0.378 e. The van der Waals surface area contributed by atoms with Crippen molar-refractivity contribution in [1.82, 2.24) is 4.90 Å². The molecule has 0 aliphatic carbocycles.